The summed E-state index contributed by atoms with van der Waals surface area (Å²) in [4.78, 5) is 6.34. The summed E-state index contributed by atoms with van der Waals surface area (Å²) in [6.45, 7) is 4.27. The lowest BCUT2D eigenvalue weighted by atomic mass is 9.97. The highest BCUT2D eigenvalue weighted by Crippen LogP contribution is 2.34. The molecule has 6 nitrogen and oxygen atoms in total. The number of likely N-dealkylation sites (tertiary alicyclic amines) is 1. The van der Waals surface area contributed by atoms with Gasteiger partial charge in [-0.05, 0) is 56.5 Å². The number of rotatable bonds is 7. The van der Waals surface area contributed by atoms with E-state index in [1.165, 1.54) is 12.5 Å². The molecule has 1 aliphatic rings. The first-order valence-electron chi connectivity index (χ1n) is 10.3. The van der Waals surface area contributed by atoms with Crippen molar-refractivity contribution in [2.75, 3.05) is 25.4 Å². The molecule has 1 atom stereocenters. The van der Waals surface area contributed by atoms with Crippen molar-refractivity contribution in [2.45, 2.75) is 37.0 Å². The Morgan fingerprint density at radius 2 is 2.06 bits per heavy atom. The Bertz CT molecular complexity index is 1080. The van der Waals surface area contributed by atoms with Gasteiger partial charge in [0.2, 0.25) is 5.82 Å². The third-order valence-corrected chi connectivity index (χ3v) is 6.78. The van der Waals surface area contributed by atoms with Gasteiger partial charge in [-0.15, -0.1) is 10.2 Å². The fraction of sp³-hybridized carbons (Fsp3) is 0.476. The van der Waals surface area contributed by atoms with E-state index in [0.717, 1.165) is 54.7 Å². The molecule has 0 amide bonds. The Hall–Kier alpha value is -2.40. The minimum Gasteiger partial charge on any atom is -0.440 e. The number of nitrogens with zero attached hydrogens (tertiary/aromatic N) is 5. The maximum Gasteiger partial charge on any atom is 0.419 e. The molecule has 4 rings (SSSR count). The summed E-state index contributed by atoms with van der Waals surface area (Å²) < 4.78 is 59.4. The second kappa shape index (κ2) is 9.22. The van der Waals surface area contributed by atoms with Gasteiger partial charge < -0.3 is 13.9 Å². The minimum absolute atomic E-state index is 0.0471. The fourth-order valence-electron chi connectivity index (χ4n) is 3.93. The van der Waals surface area contributed by atoms with Gasteiger partial charge in [0.05, 0.1) is 11.3 Å². The summed E-state index contributed by atoms with van der Waals surface area (Å²) in [5.41, 5.74) is 0.175. The van der Waals surface area contributed by atoms with Crippen LogP contribution in [-0.2, 0) is 13.2 Å². The molecule has 0 radical (unpaired) electrons. The zero-order valence-corrected chi connectivity index (χ0v) is 18.5. The molecular weight excluding hydrogens is 446 g/mol. The normalized spacial score (nSPS) is 17.4. The summed E-state index contributed by atoms with van der Waals surface area (Å²) in [6, 6.07) is 3.28. The number of benzene rings is 1. The Kier molecular flexibility index (Phi) is 6.57. The van der Waals surface area contributed by atoms with Crippen LogP contribution in [0.5, 0.6) is 0 Å². The molecule has 0 unspecified atom stereocenters. The number of oxazole rings is 1. The van der Waals surface area contributed by atoms with Gasteiger partial charge in [0.25, 0.3) is 0 Å². The molecule has 2 aromatic heterocycles. The predicted octanol–water partition coefficient (Wildman–Crippen LogP) is 4.91. The van der Waals surface area contributed by atoms with Crippen LogP contribution in [0.25, 0.3) is 11.6 Å². The summed E-state index contributed by atoms with van der Waals surface area (Å²) in [6.07, 6.45) is -1.56. The largest absolute Gasteiger partial charge is 0.440 e. The summed E-state index contributed by atoms with van der Waals surface area (Å²) in [7, 11) is 1.88. The van der Waals surface area contributed by atoms with Gasteiger partial charge in [-0.2, -0.15) is 13.2 Å². The molecule has 3 aromatic rings. The Morgan fingerprint density at radius 3 is 2.75 bits per heavy atom. The Morgan fingerprint density at radius 1 is 1.25 bits per heavy atom. The quantitative estimate of drug-likeness (QED) is 0.279. The van der Waals surface area contributed by atoms with Crippen LogP contribution in [0.2, 0.25) is 0 Å². The smallest absolute Gasteiger partial charge is 0.419 e. The van der Waals surface area contributed by atoms with E-state index in [-0.39, 0.29) is 5.92 Å². The van der Waals surface area contributed by atoms with Crippen molar-refractivity contribution in [2.24, 2.45) is 7.05 Å². The van der Waals surface area contributed by atoms with E-state index in [1.807, 2.05) is 18.5 Å². The van der Waals surface area contributed by atoms with Crippen molar-refractivity contribution in [3.63, 3.8) is 0 Å². The SMILES string of the molecule is Cc1ncoc1-c1nnc(SCCCN2CC[C@@H](c3ccc(C(F)(F)F)c(F)c3)C2)n1C. The van der Waals surface area contributed by atoms with E-state index in [2.05, 4.69) is 20.1 Å². The highest BCUT2D eigenvalue weighted by Gasteiger charge is 2.34. The van der Waals surface area contributed by atoms with Crippen molar-refractivity contribution < 1.29 is 22.0 Å². The summed E-state index contributed by atoms with van der Waals surface area (Å²) in [5.74, 6) is 0.930. The van der Waals surface area contributed by atoms with Crippen molar-refractivity contribution in [3.8, 4) is 11.6 Å². The van der Waals surface area contributed by atoms with Gasteiger partial charge in [0.1, 0.15) is 5.82 Å². The van der Waals surface area contributed by atoms with Crippen molar-refractivity contribution in [1.29, 1.82) is 0 Å². The van der Waals surface area contributed by atoms with Crippen LogP contribution in [0.1, 0.15) is 35.6 Å². The first-order chi connectivity index (χ1) is 15.2. The average Bonchev–Trinajstić information content (AvgIpc) is 3.45. The topological polar surface area (TPSA) is 60.0 Å². The molecule has 0 bridgehead atoms. The molecule has 1 saturated heterocycles. The van der Waals surface area contributed by atoms with E-state index in [4.69, 9.17) is 4.42 Å². The van der Waals surface area contributed by atoms with Crippen molar-refractivity contribution in [3.05, 3.63) is 47.2 Å². The van der Waals surface area contributed by atoms with Gasteiger partial charge in [0, 0.05) is 19.3 Å². The molecule has 0 saturated carbocycles. The third-order valence-electron chi connectivity index (χ3n) is 5.68. The van der Waals surface area contributed by atoms with Crippen LogP contribution in [0, 0.1) is 12.7 Å². The first kappa shape index (κ1) is 22.8. The highest BCUT2D eigenvalue weighted by molar-refractivity contribution is 7.99. The predicted molar refractivity (Wildman–Crippen MR) is 112 cm³/mol. The Labute approximate surface area is 187 Å². The van der Waals surface area contributed by atoms with Crippen LogP contribution in [0.3, 0.4) is 0 Å². The van der Waals surface area contributed by atoms with Crippen molar-refractivity contribution >= 4 is 11.8 Å². The molecule has 0 aliphatic carbocycles. The number of aromatic nitrogens is 4. The number of halogens is 4. The van der Waals surface area contributed by atoms with E-state index >= 15 is 0 Å². The van der Waals surface area contributed by atoms with Gasteiger partial charge in [-0.1, -0.05) is 17.8 Å². The number of hydrogen-bond acceptors (Lipinski definition) is 6. The average molecular weight is 470 g/mol. The second-order valence-electron chi connectivity index (χ2n) is 7.86. The monoisotopic (exact) mass is 469 g/mol. The van der Waals surface area contributed by atoms with Crippen LogP contribution in [0.4, 0.5) is 17.6 Å². The third kappa shape index (κ3) is 4.83. The zero-order valence-electron chi connectivity index (χ0n) is 17.7. The number of hydrogen-bond donors (Lipinski definition) is 0. The van der Waals surface area contributed by atoms with Crippen LogP contribution in [-0.4, -0.2) is 50.0 Å². The molecule has 3 heterocycles. The zero-order chi connectivity index (χ0) is 22.9. The standard InChI is InChI=1S/C21H23F4N5OS/c1-13-18(31-12-26-13)19-27-28-20(29(19)2)32-9-3-7-30-8-6-15(11-30)14-4-5-16(17(22)10-14)21(23,24)25/h4-5,10,12,15H,3,6-9,11H2,1-2H3/t15-/m1/s1. The number of thioether (sulfide) groups is 1. The Balaban J connectivity index is 1.26. The molecule has 1 fully saturated rings. The molecule has 0 spiro atoms. The van der Waals surface area contributed by atoms with Crippen LogP contribution >= 0.6 is 11.8 Å². The fourth-order valence-corrected chi connectivity index (χ4v) is 4.76. The summed E-state index contributed by atoms with van der Waals surface area (Å²) in [5, 5.41) is 9.21. The van der Waals surface area contributed by atoms with Crippen LogP contribution in [0.15, 0.2) is 34.2 Å². The van der Waals surface area contributed by atoms with E-state index in [9.17, 15) is 17.6 Å². The molecule has 1 aromatic carbocycles. The molecule has 172 valence electrons. The lowest BCUT2D eigenvalue weighted by molar-refractivity contribution is -0.140. The highest BCUT2D eigenvalue weighted by atomic mass is 32.2. The summed E-state index contributed by atoms with van der Waals surface area (Å²) >= 11 is 1.60. The first-order valence-corrected chi connectivity index (χ1v) is 11.2. The number of alkyl halides is 3. The van der Waals surface area contributed by atoms with Crippen molar-refractivity contribution in [1.82, 2.24) is 24.6 Å². The lowest BCUT2D eigenvalue weighted by Gasteiger charge is -2.16. The van der Waals surface area contributed by atoms with E-state index in [0.29, 0.717) is 23.7 Å². The maximum absolute atomic E-state index is 13.9. The molecular formula is C21H23F4N5OS. The molecule has 11 heteroatoms. The minimum atomic E-state index is -4.67. The van der Waals surface area contributed by atoms with Gasteiger partial charge in [-0.3, -0.25) is 0 Å². The van der Waals surface area contributed by atoms with Gasteiger partial charge in [-0.25, -0.2) is 9.37 Å². The lowest BCUT2D eigenvalue weighted by Crippen LogP contribution is -2.22. The molecule has 32 heavy (non-hydrogen) atoms. The van der Waals surface area contributed by atoms with Crippen LogP contribution < -0.4 is 0 Å². The maximum atomic E-state index is 13.9. The van der Waals surface area contributed by atoms with Gasteiger partial charge >= 0.3 is 6.18 Å². The van der Waals surface area contributed by atoms with Gasteiger partial charge in [0.15, 0.2) is 17.3 Å². The van der Waals surface area contributed by atoms with E-state index < -0.39 is 17.6 Å². The van der Waals surface area contributed by atoms with E-state index in [1.54, 1.807) is 11.8 Å². The molecule has 1 aliphatic heterocycles. The second-order valence-corrected chi connectivity index (χ2v) is 8.92. The molecule has 0 N–H and O–H groups in total. The number of aryl methyl sites for hydroxylation is 1.